The number of esters is 1. The number of hydrogen-bond acceptors (Lipinski definition) is 6. The number of methoxy groups -OCH3 is 1. The Bertz CT molecular complexity index is 602. The van der Waals surface area contributed by atoms with Gasteiger partial charge in [0.25, 0.3) is 5.69 Å². The van der Waals surface area contributed by atoms with Crippen molar-refractivity contribution < 1.29 is 19.2 Å². The van der Waals surface area contributed by atoms with Crippen LogP contribution in [0.25, 0.3) is 0 Å². The predicted octanol–water partition coefficient (Wildman–Crippen LogP) is 3.16. The fourth-order valence-corrected chi connectivity index (χ4v) is 2.93. The molecule has 1 saturated heterocycles. The molecule has 0 N–H and O–H groups in total. The Labute approximate surface area is 135 Å². The topological polar surface area (TPSA) is 81.9 Å². The van der Waals surface area contributed by atoms with Gasteiger partial charge < -0.3 is 14.4 Å². The van der Waals surface area contributed by atoms with Crippen molar-refractivity contribution in [3.05, 3.63) is 27.8 Å². The van der Waals surface area contributed by atoms with Crippen molar-refractivity contribution in [2.45, 2.75) is 39.2 Å². The minimum absolute atomic E-state index is 0.0782. The standard InChI is InChI=1S/C16H22N2O5/c1-4-23-16(19)12-9-14(18(20)21)13(10-15(12)22-3)17-8-6-5-7-11(17)2/h9-11H,4-8H2,1-3H3/t11-/m0/s1. The number of nitro benzene ring substituents is 1. The Balaban J connectivity index is 2.53. The molecule has 7 heteroatoms. The fourth-order valence-electron chi connectivity index (χ4n) is 2.93. The monoisotopic (exact) mass is 322 g/mol. The second-order valence-electron chi connectivity index (χ2n) is 5.56. The molecule has 1 aliphatic heterocycles. The van der Waals surface area contributed by atoms with Gasteiger partial charge in [0, 0.05) is 24.7 Å². The summed E-state index contributed by atoms with van der Waals surface area (Å²) in [7, 11) is 1.44. The van der Waals surface area contributed by atoms with E-state index in [9.17, 15) is 14.9 Å². The van der Waals surface area contributed by atoms with Gasteiger partial charge in [-0.15, -0.1) is 0 Å². The Kier molecular flexibility index (Phi) is 5.41. The lowest BCUT2D eigenvalue weighted by Gasteiger charge is -2.35. The van der Waals surface area contributed by atoms with E-state index in [0.29, 0.717) is 11.4 Å². The molecule has 0 saturated carbocycles. The van der Waals surface area contributed by atoms with Gasteiger partial charge in [0.1, 0.15) is 17.0 Å². The first-order valence-corrected chi connectivity index (χ1v) is 7.79. The van der Waals surface area contributed by atoms with Gasteiger partial charge in [0.2, 0.25) is 0 Å². The van der Waals surface area contributed by atoms with Crippen molar-refractivity contribution >= 4 is 17.3 Å². The smallest absolute Gasteiger partial charge is 0.342 e. The zero-order valence-electron chi connectivity index (χ0n) is 13.7. The largest absolute Gasteiger partial charge is 0.496 e. The lowest BCUT2D eigenvalue weighted by molar-refractivity contribution is -0.384. The summed E-state index contributed by atoms with van der Waals surface area (Å²) < 4.78 is 10.2. The summed E-state index contributed by atoms with van der Waals surface area (Å²) in [4.78, 5) is 25.1. The van der Waals surface area contributed by atoms with Gasteiger partial charge in [-0.25, -0.2) is 4.79 Å². The summed E-state index contributed by atoms with van der Waals surface area (Å²) in [6, 6.07) is 3.04. The lowest BCUT2D eigenvalue weighted by atomic mass is 10.0. The molecule has 0 aliphatic carbocycles. The summed E-state index contributed by atoms with van der Waals surface area (Å²) in [6.45, 7) is 4.68. The maximum Gasteiger partial charge on any atom is 0.342 e. The molecule has 1 heterocycles. The molecule has 1 fully saturated rings. The number of nitro groups is 1. The predicted molar refractivity (Wildman–Crippen MR) is 86.3 cm³/mol. The van der Waals surface area contributed by atoms with Crippen molar-refractivity contribution in [1.82, 2.24) is 0 Å². The maximum absolute atomic E-state index is 12.0. The zero-order valence-corrected chi connectivity index (χ0v) is 13.7. The Morgan fingerprint density at radius 1 is 1.43 bits per heavy atom. The van der Waals surface area contributed by atoms with Crippen molar-refractivity contribution in [3.63, 3.8) is 0 Å². The molecule has 0 spiro atoms. The maximum atomic E-state index is 12.0. The fraction of sp³-hybridized carbons (Fsp3) is 0.562. The molecule has 0 aromatic heterocycles. The summed E-state index contributed by atoms with van der Waals surface area (Å²) in [5.41, 5.74) is 0.476. The van der Waals surface area contributed by atoms with E-state index in [1.807, 2.05) is 4.90 Å². The van der Waals surface area contributed by atoms with Crippen molar-refractivity contribution in [3.8, 4) is 5.75 Å². The SMILES string of the molecule is CCOC(=O)c1cc([N+](=O)[O-])c(N2CCCC[C@@H]2C)cc1OC. The summed E-state index contributed by atoms with van der Waals surface area (Å²) in [5, 5.41) is 11.5. The quantitative estimate of drug-likeness (QED) is 0.470. The van der Waals surface area contributed by atoms with Gasteiger partial charge in [0.15, 0.2) is 0 Å². The molecule has 0 amide bonds. The van der Waals surface area contributed by atoms with Crippen LogP contribution in [0.5, 0.6) is 5.75 Å². The highest BCUT2D eigenvalue weighted by molar-refractivity contribution is 5.95. The highest BCUT2D eigenvalue weighted by Gasteiger charge is 2.29. The molecule has 1 aromatic carbocycles. The number of anilines is 1. The van der Waals surface area contributed by atoms with E-state index < -0.39 is 10.9 Å². The van der Waals surface area contributed by atoms with Gasteiger partial charge in [-0.05, 0) is 33.1 Å². The third-order valence-electron chi connectivity index (χ3n) is 4.10. The zero-order chi connectivity index (χ0) is 17.0. The summed E-state index contributed by atoms with van der Waals surface area (Å²) in [6.07, 6.45) is 3.09. The molecule has 2 rings (SSSR count). The van der Waals surface area contributed by atoms with Gasteiger partial charge in [-0.2, -0.15) is 0 Å². The second kappa shape index (κ2) is 7.30. The average Bonchev–Trinajstić information content (AvgIpc) is 2.54. The highest BCUT2D eigenvalue weighted by Crippen LogP contribution is 2.38. The second-order valence-corrected chi connectivity index (χ2v) is 5.56. The third-order valence-corrected chi connectivity index (χ3v) is 4.10. The molecule has 126 valence electrons. The molecule has 23 heavy (non-hydrogen) atoms. The number of carbonyl (C=O) groups is 1. The number of ether oxygens (including phenoxy) is 2. The van der Waals surface area contributed by atoms with Crippen LogP contribution in [-0.4, -0.2) is 37.2 Å². The Morgan fingerprint density at radius 2 is 2.17 bits per heavy atom. The van der Waals surface area contributed by atoms with Crippen LogP contribution in [0.15, 0.2) is 12.1 Å². The molecule has 0 bridgehead atoms. The third kappa shape index (κ3) is 3.55. The van der Waals surface area contributed by atoms with Gasteiger partial charge >= 0.3 is 5.97 Å². The van der Waals surface area contributed by atoms with E-state index >= 15 is 0 Å². The number of benzene rings is 1. The van der Waals surface area contributed by atoms with Gasteiger partial charge in [-0.1, -0.05) is 0 Å². The molecular weight excluding hydrogens is 300 g/mol. The van der Waals surface area contributed by atoms with E-state index in [1.54, 1.807) is 13.0 Å². The number of carbonyl (C=O) groups excluding carboxylic acids is 1. The minimum Gasteiger partial charge on any atom is -0.496 e. The number of piperidine rings is 1. The van der Waals surface area contributed by atoms with Gasteiger partial charge in [0.05, 0.1) is 18.6 Å². The first-order valence-electron chi connectivity index (χ1n) is 7.79. The molecular formula is C16H22N2O5. The van der Waals surface area contributed by atoms with E-state index in [0.717, 1.165) is 25.8 Å². The number of rotatable bonds is 5. The van der Waals surface area contributed by atoms with Crippen LogP contribution < -0.4 is 9.64 Å². The highest BCUT2D eigenvalue weighted by atomic mass is 16.6. The van der Waals surface area contributed by atoms with Crippen LogP contribution in [0.4, 0.5) is 11.4 Å². The summed E-state index contributed by atoms with van der Waals surface area (Å²) in [5.74, 6) is -0.326. The first-order chi connectivity index (χ1) is 11.0. The Morgan fingerprint density at radius 3 is 2.74 bits per heavy atom. The van der Waals surface area contributed by atoms with E-state index in [2.05, 4.69) is 6.92 Å². The summed E-state index contributed by atoms with van der Waals surface area (Å²) >= 11 is 0. The molecule has 1 atom stereocenters. The molecule has 0 unspecified atom stereocenters. The normalized spacial score (nSPS) is 17.7. The van der Waals surface area contributed by atoms with E-state index in [-0.39, 0.29) is 23.9 Å². The van der Waals surface area contributed by atoms with E-state index in [1.165, 1.54) is 13.2 Å². The van der Waals surface area contributed by atoms with Crippen LogP contribution in [0.2, 0.25) is 0 Å². The van der Waals surface area contributed by atoms with E-state index in [4.69, 9.17) is 9.47 Å². The van der Waals surface area contributed by atoms with Crippen LogP contribution in [0.1, 0.15) is 43.5 Å². The van der Waals surface area contributed by atoms with Crippen LogP contribution in [0, 0.1) is 10.1 Å². The number of nitrogens with zero attached hydrogens (tertiary/aromatic N) is 2. The number of hydrogen-bond donors (Lipinski definition) is 0. The van der Waals surface area contributed by atoms with Crippen LogP contribution >= 0.6 is 0 Å². The lowest BCUT2D eigenvalue weighted by Crippen LogP contribution is -2.37. The van der Waals surface area contributed by atoms with Crippen molar-refractivity contribution in [2.75, 3.05) is 25.2 Å². The first kappa shape index (κ1) is 17.1. The van der Waals surface area contributed by atoms with Crippen molar-refractivity contribution in [2.24, 2.45) is 0 Å². The molecule has 0 radical (unpaired) electrons. The molecule has 1 aliphatic rings. The van der Waals surface area contributed by atoms with Crippen LogP contribution in [-0.2, 0) is 4.74 Å². The Hall–Kier alpha value is -2.31. The minimum atomic E-state index is -0.620. The average molecular weight is 322 g/mol. The molecule has 7 nitrogen and oxygen atoms in total. The van der Waals surface area contributed by atoms with Crippen molar-refractivity contribution in [1.29, 1.82) is 0 Å². The van der Waals surface area contributed by atoms with Gasteiger partial charge in [-0.3, -0.25) is 10.1 Å². The molecule has 1 aromatic rings. The van der Waals surface area contributed by atoms with Crippen LogP contribution in [0.3, 0.4) is 0 Å².